The van der Waals surface area contributed by atoms with Gasteiger partial charge in [0.05, 0.1) is 12.3 Å². The SMILES string of the molecule is CCOC(=O)N1CCC(CC(=O)Nc2cc3c(cc2C(C)=O)OCO3)CC1. The highest BCUT2D eigenvalue weighted by atomic mass is 16.7. The van der Waals surface area contributed by atoms with E-state index in [0.717, 1.165) is 12.8 Å². The molecule has 1 fully saturated rings. The third-order valence-corrected chi connectivity index (χ3v) is 4.78. The second-order valence-corrected chi connectivity index (χ2v) is 6.69. The molecule has 2 heterocycles. The molecule has 0 unspecified atom stereocenters. The molecule has 1 aromatic carbocycles. The van der Waals surface area contributed by atoms with Gasteiger partial charge in [-0.2, -0.15) is 0 Å². The van der Waals surface area contributed by atoms with Crippen molar-refractivity contribution >= 4 is 23.5 Å². The van der Waals surface area contributed by atoms with Crippen LogP contribution in [-0.4, -0.2) is 49.2 Å². The van der Waals surface area contributed by atoms with Crippen molar-refractivity contribution in [1.82, 2.24) is 4.90 Å². The molecule has 1 N–H and O–H groups in total. The number of ketones is 1. The minimum absolute atomic E-state index is 0.100. The van der Waals surface area contributed by atoms with Gasteiger partial charge in [-0.25, -0.2) is 4.79 Å². The molecule has 0 spiro atoms. The first-order valence-electron chi connectivity index (χ1n) is 9.14. The molecular formula is C19H24N2O6. The Hall–Kier alpha value is -2.77. The maximum Gasteiger partial charge on any atom is 0.409 e. The summed E-state index contributed by atoms with van der Waals surface area (Å²) in [6, 6.07) is 3.22. The van der Waals surface area contributed by atoms with Crippen LogP contribution in [0.5, 0.6) is 11.5 Å². The van der Waals surface area contributed by atoms with E-state index in [1.165, 1.54) is 6.92 Å². The zero-order chi connectivity index (χ0) is 19.4. The number of carbonyl (C=O) groups excluding carboxylic acids is 3. The van der Waals surface area contributed by atoms with Gasteiger partial charge in [-0.05, 0) is 38.7 Å². The number of carbonyl (C=O) groups is 3. The lowest BCUT2D eigenvalue weighted by Crippen LogP contribution is -2.39. The predicted octanol–water partition coefficient (Wildman–Crippen LogP) is 2.82. The van der Waals surface area contributed by atoms with Crippen LogP contribution in [0.4, 0.5) is 10.5 Å². The summed E-state index contributed by atoms with van der Waals surface area (Å²) in [6.07, 6.45) is 1.52. The quantitative estimate of drug-likeness (QED) is 0.794. The van der Waals surface area contributed by atoms with Crippen molar-refractivity contribution < 1.29 is 28.6 Å². The van der Waals surface area contributed by atoms with Crippen LogP contribution in [0.3, 0.4) is 0 Å². The summed E-state index contributed by atoms with van der Waals surface area (Å²) in [5.74, 6) is 0.880. The van der Waals surface area contributed by atoms with Crippen LogP contribution in [-0.2, 0) is 9.53 Å². The van der Waals surface area contributed by atoms with Gasteiger partial charge in [-0.15, -0.1) is 0 Å². The molecule has 1 saturated heterocycles. The van der Waals surface area contributed by atoms with Crippen LogP contribution in [0.2, 0.25) is 0 Å². The van der Waals surface area contributed by atoms with E-state index in [9.17, 15) is 14.4 Å². The first-order chi connectivity index (χ1) is 13.0. The highest BCUT2D eigenvalue weighted by Gasteiger charge is 2.26. The Kier molecular flexibility index (Phi) is 5.83. The lowest BCUT2D eigenvalue weighted by atomic mass is 9.93. The highest BCUT2D eigenvalue weighted by Crippen LogP contribution is 2.37. The number of ether oxygens (including phenoxy) is 3. The summed E-state index contributed by atoms with van der Waals surface area (Å²) in [4.78, 5) is 37.8. The Morgan fingerprint density at radius 2 is 1.85 bits per heavy atom. The fraction of sp³-hybridized carbons (Fsp3) is 0.526. The van der Waals surface area contributed by atoms with Crippen molar-refractivity contribution in [3.8, 4) is 11.5 Å². The third-order valence-electron chi connectivity index (χ3n) is 4.78. The van der Waals surface area contributed by atoms with Gasteiger partial charge in [0.2, 0.25) is 12.7 Å². The van der Waals surface area contributed by atoms with Gasteiger partial charge < -0.3 is 24.4 Å². The molecule has 0 atom stereocenters. The van der Waals surface area contributed by atoms with E-state index in [-0.39, 0.29) is 30.5 Å². The monoisotopic (exact) mass is 376 g/mol. The Labute approximate surface area is 157 Å². The summed E-state index contributed by atoms with van der Waals surface area (Å²) in [5.41, 5.74) is 0.824. The maximum atomic E-state index is 12.5. The number of anilines is 1. The molecule has 3 rings (SSSR count). The van der Waals surface area contributed by atoms with Crippen molar-refractivity contribution in [2.45, 2.75) is 33.1 Å². The molecule has 146 valence electrons. The first kappa shape index (κ1) is 19.0. The van der Waals surface area contributed by atoms with Gasteiger partial charge in [0.15, 0.2) is 17.3 Å². The minimum Gasteiger partial charge on any atom is -0.454 e. The van der Waals surface area contributed by atoms with E-state index in [4.69, 9.17) is 14.2 Å². The molecule has 0 radical (unpaired) electrons. The van der Waals surface area contributed by atoms with Crippen molar-refractivity contribution in [2.75, 3.05) is 31.8 Å². The number of nitrogens with one attached hydrogen (secondary N) is 1. The van der Waals surface area contributed by atoms with Crippen molar-refractivity contribution in [3.63, 3.8) is 0 Å². The number of amides is 2. The van der Waals surface area contributed by atoms with Gasteiger partial charge in [0.1, 0.15) is 0 Å². The molecule has 2 amide bonds. The number of benzene rings is 1. The molecule has 0 saturated carbocycles. The first-order valence-corrected chi connectivity index (χ1v) is 9.14. The van der Waals surface area contributed by atoms with Crippen LogP contribution < -0.4 is 14.8 Å². The maximum absolute atomic E-state index is 12.5. The van der Waals surface area contributed by atoms with E-state index in [2.05, 4.69) is 5.32 Å². The topological polar surface area (TPSA) is 94.2 Å². The normalized spacial score (nSPS) is 16.1. The van der Waals surface area contributed by atoms with Crippen LogP contribution in [0.15, 0.2) is 12.1 Å². The number of nitrogens with zero attached hydrogens (tertiary/aromatic N) is 1. The van der Waals surface area contributed by atoms with Gasteiger partial charge in [0.25, 0.3) is 0 Å². The number of piperidine rings is 1. The average molecular weight is 376 g/mol. The Balaban J connectivity index is 1.57. The molecule has 0 aliphatic carbocycles. The molecule has 8 heteroatoms. The number of likely N-dealkylation sites (tertiary alicyclic amines) is 1. The summed E-state index contributed by atoms with van der Waals surface area (Å²) < 4.78 is 15.6. The molecule has 1 aromatic rings. The number of rotatable bonds is 5. The van der Waals surface area contributed by atoms with Gasteiger partial charge >= 0.3 is 6.09 Å². The zero-order valence-corrected chi connectivity index (χ0v) is 15.6. The van der Waals surface area contributed by atoms with Crippen molar-refractivity contribution in [3.05, 3.63) is 17.7 Å². The summed E-state index contributed by atoms with van der Waals surface area (Å²) in [5, 5.41) is 2.82. The molecule has 27 heavy (non-hydrogen) atoms. The summed E-state index contributed by atoms with van der Waals surface area (Å²) in [7, 11) is 0. The van der Waals surface area contributed by atoms with Crippen LogP contribution in [0.25, 0.3) is 0 Å². The number of fused-ring (bicyclic) bond motifs is 1. The molecule has 2 aliphatic rings. The standard InChI is InChI=1S/C19H24N2O6/c1-3-25-19(24)21-6-4-13(5-7-21)8-18(23)20-15-10-17-16(26-11-27-17)9-14(15)12(2)22/h9-10,13H,3-8,11H2,1-2H3,(H,20,23). The Morgan fingerprint density at radius 1 is 1.19 bits per heavy atom. The van der Waals surface area contributed by atoms with E-state index < -0.39 is 0 Å². The van der Waals surface area contributed by atoms with Crippen LogP contribution >= 0.6 is 0 Å². The number of hydrogen-bond acceptors (Lipinski definition) is 6. The van der Waals surface area contributed by atoms with Crippen LogP contribution in [0.1, 0.15) is 43.5 Å². The summed E-state index contributed by atoms with van der Waals surface area (Å²) >= 11 is 0. The second kappa shape index (κ2) is 8.28. The Morgan fingerprint density at radius 3 is 2.48 bits per heavy atom. The smallest absolute Gasteiger partial charge is 0.409 e. The predicted molar refractivity (Wildman–Crippen MR) is 97.1 cm³/mol. The minimum atomic E-state index is -0.299. The van der Waals surface area contributed by atoms with Gasteiger partial charge in [0, 0.05) is 31.1 Å². The lowest BCUT2D eigenvalue weighted by Gasteiger charge is -2.30. The van der Waals surface area contributed by atoms with Gasteiger partial charge in [-0.1, -0.05) is 0 Å². The van der Waals surface area contributed by atoms with Crippen molar-refractivity contribution in [2.24, 2.45) is 5.92 Å². The van der Waals surface area contributed by atoms with Crippen LogP contribution in [0, 0.1) is 5.92 Å². The summed E-state index contributed by atoms with van der Waals surface area (Å²) in [6.45, 7) is 4.84. The highest BCUT2D eigenvalue weighted by molar-refractivity contribution is 6.04. The van der Waals surface area contributed by atoms with E-state index >= 15 is 0 Å². The van der Waals surface area contributed by atoms with Gasteiger partial charge in [-0.3, -0.25) is 9.59 Å². The molecule has 2 aliphatic heterocycles. The average Bonchev–Trinajstić information content (AvgIpc) is 3.09. The second-order valence-electron chi connectivity index (χ2n) is 6.69. The van der Waals surface area contributed by atoms with E-state index in [1.807, 2.05) is 0 Å². The molecular weight excluding hydrogens is 352 g/mol. The van der Waals surface area contributed by atoms with E-state index in [1.54, 1.807) is 24.0 Å². The fourth-order valence-electron chi connectivity index (χ4n) is 3.33. The van der Waals surface area contributed by atoms with Crippen molar-refractivity contribution in [1.29, 1.82) is 0 Å². The lowest BCUT2D eigenvalue weighted by molar-refractivity contribution is -0.117. The molecule has 8 nitrogen and oxygen atoms in total. The zero-order valence-electron chi connectivity index (χ0n) is 15.6. The number of hydrogen-bond donors (Lipinski definition) is 1. The largest absolute Gasteiger partial charge is 0.454 e. The fourth-order valence-corrected chi connectivity index (χ4v) is 3.33. The molecule has 0 bridgehead atoms. The molecule has 0 aromatic heterocycles. The Bertz CT molecular complexity index is 740. The van der Waals surface area contributed by atoms with E-state index in [0.29, 0.717) is 48.9 Å². The number of Topliss-reactive ketones (excluding diaryl/α,β-unsaturated/α-hetero) is 1. The third kappa shape index (κ3) is 4.50.